The van der Waals surface area contributed by atoms with Crippen molar-refractivity contribution in [1.82, 2.24) is 4.90 Å². The van der Waals surface area contributed by atoms with Gasteiger partial charge in [-0.15, -0.1) is 11.3 Å². The number of thiophene rings is 1. The monoisotopic (exact) mass is 439 g/mol. The van der Waals surface area contributed by atoms with Crippen LogP contribution in [0.15, 0.2) is 30.3 Å². The summed E-state index contributed by atoms with van der Waals surface area (Å²) in [5.74, 6) is 0. The number of halogens is 3. The van der Waals surface area contributed by atoms with Crippen molar-refractivity contribution >= 4 is 11.3 Å². The van der Waals surface area contributed by atoms with Crippen LogP contribution in [0.4, 0.5) is 13.2 Å². The van der Waals surface area contributed by atoms with E-state index in [1.807, 2.05) is 11.3 Å². The van der Waals surface area contributed by atoms with Crippen molar-refractivity contribution in [1.29, 1.82) is 0 Å². The standard InChI is InChI=1S/C23H28F3NO2S/c1-3-18-12-19-21(30-18)7-10-29-22(19)8-9-27(15(2)13-22)14-20(28)16-5-4-6-17(11-16)23(24,25)26/h4-6,11-12,15,20,28H,3,7-10,13-14H2,1-2H3/t15-,20?,22+/m0/s1. The molecular weight excluding hydrogens is 411 g/mol. The first kappa shape index (κ1) is 21.8. The highest BCUT2D eigenvalue weighted by Gasteiger charge is 2.44. The predicted octanol–water partition coefficient (Wildman–Crippen LogP) is 5.32. The van der Waals surface area contributed by atoms with Gasteiger partial charge in [0.1, 0.15) is 0 Å². The van der Waals surface area contributed by atoms with E-state index >= 15 is 0 Å². The summed E-state index contributed by atoms with van der Waals surface area (Å²) in [6.45, 7) is 6.08. The van der Waals surface area contributed by atoms with Crippen LogP contribution in [0.3, 0.4) is 0 Å². The van der Waals surface area contributed by atoms with E-state index in [4.69, 9.17) is 4.74 Å². The van der Waals surface area contributed by atoms with E-state index in [-0.39, 0.29) is 11.6 Å². The summed E-state index contributed by atoms with van der Waals surface area (Å²) in [6, 6.07) is 7.47. The molecular formula is C23H28F3NO2S. The summed E-state index contributed by atoms with van der Waals surface area (Å²) < 4.78 is 45.3. The van der Waals surface area contributed by atoms with Crippen molar-refractivity contribution < 1.29 is 23.0 Å². The minimum absolute atomic E-state index is 0.162. The summed E-state index contributed by atoms with van der Waals surface area (Å²) in [7, 11) is 0. The fraction of sp³-hybridized carbons (Fsp3) is 0.565. The molecule has 1 fully saturated rings. The van der Waals surface area contributed by atoms with Crippen molar-refractivity contribution in [2.24, 2.45) is 0 Å². The highest BCUT2D eigenvalue weighted by atomic mass is 32.1. The Hall–Kier alpha value is -1.41. The zero-order chi connectivity index (χ0) is 21.5. The van der Waals surface area contributed by atoms with Gasteiger partial charge in [0.25, 0.3) is 0 Å². The third-order valence-electron chi connectivity index (χ3n) is 6.46. The topological polar surface area (TPSA) is 32.7 Å². The number of piperidine rings is 1. The Labute approximate surface area is 179 Å². The third-order valence-corrected chi connectivity index (χ3v) is 7.80. The molecule has 2 aliphatic heterocycles. The number of benzene rings is 1. The molecule has 164 valence electrons. The molecule has 0 aliphatic carbocycles. The number of aliphatic hydroxyl groups excluding tert-OH is 1. The minimum Gasteiger partial charge on any atom is -0.387 e. The summed E-state index contributed by atoms with van der Waals surface area (Å²) in [4.78, 5) is 4.99. The van der Waals surface area contributed by atoms with Crippen LogP contribution in [-0.4, -0.2) is 35.7 Å². The lowest BCUT2D eigenvalue weighted by Gasteiger charge is -2.47. The molecule has 1 saturated heterocycles. The van der Waals surface area contributed by atoms with Crippen LogP contribution in [-0.2, 0) is 29.4 Å². The smallest absolute Gasteiger partial charge is 0.387 e. The van der Waals surface area contributed by atoms with Gasteiger partial charge in [0, 0.05) is 35.3 Å². The Bertz CT molecular complexity index is 897. The van der Waals surface area contributed by atoms with Crippen molar-refractivity contribution in [3.05, 3.63) is 56.8 Å². The summed E-state index contributed by atoms with van der Waals surface area (Å²) in [5, 5.41) is 10.6. The lowest BCUT2D eigenvalue weighted by atomic mass is 9.79. The first-order chi connectivity index (χ1) is 14.2. The zero-order valence-corrected chi connectivity index (χ0v) is 18.2. The number of β-amino-alcohol motifs (C(OH)–C–C–N with tert-alkyl or cyclic N) is 1. The maximum Gasteiger partial charge on any atom is 0.416 e. The molecule has 1 unspecified atom stereocenters. The highest BCUT2D eigenvalue weighted by Crippen LogP contribution is 2.46. The van der Waals surface area contributed by atoms with E-state index in [0.717, 1.165) is 51.0 Å². The Morgan fingerprint density at radius 1 is 1.33 bits per heavy atom. The van der Waals surface area contributed by atoms with Gasteiger partial charge < -0.3 is 9.84 Å². The summed E-state index contributed by atoms with van der Waals surface area (Å²) >= 11 is 1.89. The summed E-state index contributed by atoms with van der Waals surface area (Å²) in [5.41, 5.74) is 0.644. The number of fused-ring (bicyclic) bond motifs is 2. The van der Waals surface area contributed by atoms with E-state index < -0.39 is 17.8 Å². The molecule has 3 heterocycles. The molecule has 1 spiro atoms. The van der Waals surface area contributed by atoms with Crippen molar-refractivity contribution in [3.63, 3.8) is 0 Å². The van der Waals surface area contributed by atoms with Gasteiger partial charge in [-0.3, -0.25) is 4.90 Å². The minimum atomic E-state index is -4.41. The molecule has 0 radical (unpaired) electrons. The number of likely N-dealkylation sites (tertiary alicyclic amines) is 1. The Morgan fingerprint density at radius 3 is 2.83 bits per heavy atom. The van der Waals surface area contributed by atoms with E-state index in [9.17, 15) is 18.3 Å². The molecule has 1 aromatic carbocycles. The molecule has 0 amide bonds. The van der Waals surface area contributed by atoms with Crippen molar-refractivity contribution in [2.45, 2.75) is 63.5 Å². The fourth-order valence-corrected chi connectivity index (χ4v) is 5.97. The molecule has 4 rings (SSSR count). The molecule has 7 heteroatoms. The number of aryl methyl sites for hydroxylation is 1. The largest absolute Gasteiger partial charge is 0.416 e. The van der Waals surface area contributed by atoms with Crippen LogP contribution in [0.5, 0.6) is 0 Å². The first-order valence-electron chi connectivity index (χ1n) is 10.6. The third kappa shape index (κ3) is 4.17. The molecule has 0 saturated carbocycles. The van der Waals surface area contributed by atoms with Gasteiger partial charge in [-0.05, 0) is 55.5 Å². The quantitative estimate of drug-likeness (QED) is 0.700. The average molecular weight is 440 g/mol. The van der Waals surface area contributed by atoms with Crippen LogP contribution in [0.1, 0.15) is 59.2 Å². The van der Waals surface area contributed by atoms with Gasteiger partial charge in [-0.1, -0.05) is 19.1 Å². The number of ether oxygens (including phenoxy) is 1. The fourth-order valence-electron chi connectivity index (χ4n) is 4.80. The lowest BCUT2D eigenvalue weighted by molar-refractivity contribution is -0.137. The molecule has 1 aromatic heterocycles. The number of hydrogen-bond donors (Lipinski definition) is 1. The predicted molar refractivity (Wildman–Crippen MR) is 112 cm³/mol. The van der Waals surface area contributed by atoms with Crippen LogP contribution < -0.4 is 0 Å². The van der Waals surface area contributed by atoms with Gasteiger partial charge in [0.05, 0.1) is 23.9 Å². The Kier molecular flexibility index (Phi) is 6.01. The molecule has 0 bridgehead atoms. The van der Waals surface area contributed by atoms with E-state index in [1.165, 1.54) is 21.4 Å². The van der Waals surface area contributed by atoms with Gasteiger partial charge in [0.15, 0.2) is 0 Å². The SMILES string of the molecule is CCc1cc2c(s1)CCO[C@@]21CCN(CC(O)c2cccc(C(F)(F)F)c2)[C@@H](C)C1. The number of nitrogens with zero attached hydrogens (tertiary/aromatic N) is 1. The maximum atomic E-state index is 13.0. The molecule has 3 atom stereocenters. The van der Waals surface area contributed by atoms with Crippen LogP contribution in [0.2, 0.25) is 0 Å². The number of hydrogen-bond acceptors (Lipinski definition) is 4. The average Bonchev–Trinajstić information content (AvgIpc) is 3.15. The van der Waals surface area contributed by atoms with E-state index in [0.29, 0.717) is 12.1 Å². The van der Waals surface area contributed by atoms with Gasteiger partial charge in [0.2, 0.25) is 0 Å². The van der Waals surface area contributed by atoms with E-state index in [2.05, 4.69) is 24.8 Å². The van der Waals surface area contributed by atoms with Crippen LogP contribution in [0, 0.1) is 0 Å². The Morgan fingerprint density at radius 2 is 2.13 bits per heavy atom. The zero-order valence-electron chi connectivity index (χ0n) is 17.3. The molecule has 1 N–H and O–H groups in total. The lowest BCUT2D eigenvalue weighted by Crippen LogP contribution is -2.51. The molecule has 30 heavy (non-hydrogen) atoms. The second-order valence-electron chi connectivity index (χ2n) is 8.43. The van der Waals surface area contributed by atoms with Gasteiger partial charge >= 0.3 is 6.18 Å². The highest BCUT2D eigenvalue weighted by molar-refractivity contribution is 7.12. The van der Waals surface area contributed by atoms with Crippen LogP contribution >= 0.6 is 11.3 Å². The molecule has 2 aromatic rings. The van der Waals surface area contributed by atoms with Crippen molar-refractivity contribution in [3.8, 4) is 0 Å². The number of aliphatic hydroxyl groups is 1. The maximum absolute atomic E-state index is 13.0. The van der Waals surface area contributed by atoms with Gasteiger partial charge in [-0.25, -0.2) is 0 Å². The van der Waals surface area contributed by atoms with Crippen molar-refractivity contribution in [2.75, 3.05) is 19.7 Å². The van der Waals surface area contributed by atoms with E-state index in [1.54, 1.807) is 6.07 Å². The second-order valence-corrected chi connectivity index (χ2v) is 9.65. The normalized spacial score (nSPS) is 26.0. The van der Waals surface area contributed by atoms with Crippen LogP contribution in [0.25, 0.3) is 0 Å². The first-order valence-corrected chi connectivity index (χ1v) is 11.4. The number of alkyl halides is 3. The summed E-state index contributed by atoms with van der Waals surface area (Å²) in [6.07, 6.45) is -1.71. The second kappa shape index (κ2) is 8.26. The van der Waals surface area contributed by atoms with Gasteiger partial charge in [-0.2, -0.15) is 13.2 Å². The molecule has 2 aliphatic rings. The Balaban J connectivity index is 1.47. The number of rotatable bonds is 4. The molecule has 3 nitrogen and oxygen atoms in total.